The molecule has 0 spiro atoms. The van der Waals surface area contributed by atoms with Crippen LogP contribution in [0.15, 0.2) is 12.2 Å². The molecular weight excluding hydrogens is 238 g/mol. The van der Waals surface area contributed by atoms with Crippen molar-refractivity contribution in [1.29, 1.82) is 0 Å². The number of nitrogens with zero attached hydrogens (tertiary/aromatic N) is 2. The molecule has 7 nitrogen and oxygen atoms in total. The molecule has 2 bridgehead atoms. The van der Waals surface area contributed by atoms with E-state index in [0.29, 0.717) is 0 Å². The Kier molecular flexibility index (Phi) is 2.39. The Morgan fingerprint density at radius 3 is 2.56 bits per heavy atom. The van der Waals surface area contributed by atoms with Crippen molar-refractivity contribution >= 4 is 11.6 Å². The van der Waals surface area contributed by atoms with E-state index in [0.717, 1.165) is 0 Å². The molecule has 3 unspecified atom stereocenters. The highest BCUT2D eigenvalue weighted by molar-refractivity contribution is 6.22. The molecular formula is C8H10ClN3O4. The van der Waals surface area contributed by atoms with Gasteiger partial charge in [0.25, 0.3) is 11.1 Å². The fourth-order valence-corrected chi connectivity index (χ4v) is 2.63. The Balaban J connectivity index is 2.47. The van der Waals surface area contributed by atoms with E-state index >= 15 is 0 Å². The molecule has 1 N–H and O–H groups in total. The van der Waals surface area contributed by atoms with Gasteiger partial charge in [-0.2, -0.15) is 0 Å². The van der Waals surface area contributed by atoms with Crippen molar-refractivity contribution in [2.45, 2.75) is 22.9 Å². The number of fused-ring (bicyclic) bond motifs is 2. The quantitative estimate of drug-likeness (QED) is 0.325. The normalized spacial score (nSPS) is 41.7. The molecule has 1 heterocycles. The first-order chi connectivity index (χ1) is 7.43. The van der Waals surface area contributed by atoms with Gasteiger partial charge < -0.3 is 5.32 Å². The molecule has 1 fully saturated rings. The van der Waals surface area contributed by atoms with Gasteiger partial charge in [0.05, 0.1) is 19.5 Å². The maximum atomic E-state index is 11.1. The molecule has 0 radical (unpaired) electrons. The first-order valence-corrected chi connectivity index (χ1v) is 5.20. The summed E-state index contributed by atoms with van der Waals surface area (Å²) in [6.07, 6.45) is 2.59. The largest absolute Gasteiger partial charge is 0.303 e. The summed E-state index contributed by atoms with van der Waals surface area (Å²) in [5.74, 6) is 0. The van der Waals surface area contributed by atoms with E-state index in [9.17, 15) is 20.2 Å². The summed E-state index contributed by atoms with van der Waals surface area (Å²) in [5.41, 5.74) is -2.86. The van der Waals surface area contributed by atoms with Gasteiger partial charge in [0.15, 0.2) is 0 Å². The van der Waals surface area contributed by atoms with Crippen LogP contribution < -0.4 is 5.32 Å². The number of rotatable bonds is 2. The van der Waals surface area contributed by atoms with Crippen LogP contribution >= 0.6 is 11.6 Å². The van der Waals surface area contributed by atoms with Gasteiger partial charge in [0, 0.05) is 9.85 Å². The summed E-state index contributed by atoms with van der Waals surface area (Å²) in [7, 11) is 0. The van der Waals surface area contributed by atoms with E-state index in [2.05, 4.69) is 5.32 Å². The second-order valence-corrected chi connectivity index (χ2v) is 4.73. The molecule has 0 aromatic carbocycles. The summed E-state index contributed by atoms with van der Waals surface area (Å²) < 4.78 is 0. The maximum absolute atomic E-state index is 11.1. The smallest absolute Gasteiger partial charge is 0.261 e. The SMILES string of the molecule is O=[N+]([O-])C12C=CC(Cl)C([N+](=O)[O-])(CNC1)C2. The highest BCUT2D eigenvalue weighted by atomic mass is 35.5. The van der Waals surface area contributed by atoms with Gasteiger partial charge in [0.2, 0.25) is 0 Å². The molecule has 0 saturated carbocycles. The fraction of sp³-hybridized carbons (Fsp3) is 0.750. The second-order valence-electron chi connectivity index (χ2n) is 4.26. The highest BCUT2D eigenvalue weighted by Gasteiger charge is 2.64. The lowest BCUT2D eigenvalue weighted by Crippen LogP contribution is -2.68. The van der Waals surface area contributed by atoms with Crippen molar-refractivity contribution in [3.05, 3.63) is 32.4 Å². The van der Waals surface area contributed by atoms with Crippen molar-refractivity contribution < 1.29 is 9.85 Å². The van der Waals surface area contributed by atoms with E-state index in [1.807, 2.05) is 0 Å². The number of hydrogen-bond donors (Lipinski definition) is 1. The first-order valence-electron chi connectivity index (χ1n) is 4.76. The molecule has 16 heavy (non-hydrogen) atoms. The average Bonchev–Trinajstić information content (AvgIpc) is 2.24. The summed E-state index contributed by atoms with van der Waals surface area (Å²) in [6, 6.07) is 0. The number of piperidine rings is 1. The maximum Gasteiger partial charge on any atom is 0.261 e. The van der Waals surface area contributed by atoms with Crippen LogP contribution in [0.3, 0.4) is 0 Å². The zero-order chi connectivity index (χ0) is 12.0. The van der Waals surface area contributed by atoms with Gasteiger partial charge in [-0.15, -0.1) is 11.6 Å². The summed E-state index contributed by atoms with van der Waals surface area (Å²) in [4.78, 5) is 21.1. The Hall–Kier alpha value is -1.21. The fourth-order valence-electron chi connectivity index (χ4n) is 2.33. The van der Waals surface area contributed by atoms with Crippen LogP contribution in [0.1, 0.15) is 6.42 Å². The highest BCUT2D eigenvalue weighted by Crippen LogP contribution is 2.39. The Bertz CT molecular complexity index is 387. The van der Waals surface area contributed by atoms with Crippen LogP contribution in [0, 0.1) is 20.2 Å². The molecule has 3 atom stereocenters. The summed E-state index contributed by atoms with van der Waals surface area (Å²) >= 11 is 5.91. The minimum Gasteiger partial charge on any atom is -0.303 e. The van der Waals surface area contributed by atoms with Gasteiger partial charge >= 0.3 is 0 Å². The molecule has 0 aromatic rings. The summed E-state index contributed by atoms with van der Waals surface area (Å²) in [5, 5.41) is 24.0. The lowest BCUT2D eigenvalue weighted by atomic mass is 9.72. The van der Waals surface area contributed by atoms with Crippen LogP contribution in [-0.4, -0.2) is 39.4 Å². The second kappa shape index (κ2) is 3.39. The first kappa shape index (κ1) is 11.3. The predicted molar refractivity (Wildman–Crippen MR) is 55.7 cm³/mol. The van der Waals surface area contributed by atoms with Crippen LogP contribution in [0.2, 0.25) is 0 Å². The molecule has 1 saturated heterocycles. The van der Waals surface area contributed by atoms with Crippen LogP contribution in [0.5, 0.6) is 0 Å². The Morgan fingerprint density at radius 1 is 1.31 bits per heavy atom. The molecule has 8 heteroatoms. The van der Waals surface area contributed by atoms with Crippen LogP contribution in [0.4, 0.5) is 0 Å². The number of alkyl halides is 1. The van der Waals surface area contributed by atoms with Gasteiger partial charge in [0.1, 0.15) is 5.38 Å². The molecule has 2 aliphatic rings. The molecule has 1 aliphatic heterocycles. The van der Waals surface area contributed by atoms with E-state index in [4.69, 9.17) is 11.6 Å². The van der Waals surface area contributed by atoms with Gasteiger partial charge in [-0.05, 0) is 6.08 Å². The Labute approximate surface area is 95.8 Å². The van der Waals surface area contributed by atoms with Crippen molar-refractivity contribution in [1.82, 2.24) is 5.32 Å². The van der Waals surface area contributed by atoms with E-state index in [-0.39, 0.29) is 19.5 Å². The van der Waals surface area contributed by atoms with Crippen LogP contribution in [-0.2, 0) is 0 Å². The standard InChI is InChI=1S/C8H10ClN3O4/c9-6-1-2-7(11(13)14)3-8(6,12(15)16)5-10-4-7/h1-2,6,10H,3-5H2. The number of nitro groups is 2. The van der Waals surface area contributed by atoms with E-state index in [1.165, 1.54) is 12.2 Å². The van der Waals surface area contributed by atoms with Gasteiger partial charge in [-0.1, -0.05) is 6.08 Å². The van der Waals surface area contributed by atoms with Crippen molar-refractivity contribution in [2.24, 2.45) is 0 Å². The average molecular weight is 248 g/mol. The van der Waals surface area contributed by atoms with Gasteiger partial charge in [-0.25, -0.2) is 0 Å². The zero-order valence-electron chi connectivity index (χ0n) is 8.26. The topological polar surface area (TPSA) is 98.3 Å². The minimum atomic E-state index is -1.47. The number of halogens is 1. The van der Waals surface area contributed by atoms with Crippen molar-refractivity contribution in [3.8, 4) is 0 Å². The lowest BCUT2D eigenvalue weighted by Gasteiger charge is -2.40. The molecule has 88 valence electrons. The predicted octanol–water partition coefficient (Wildman–Crippen LogP) is 0.188. The Morgan fingerprint density at radius 2 is 2.00 bits per heavy atom. The molecule has 0 aromatic heterocycles. The van der Waals surface area contributed by atoms with Crippen molar-refractivity contribution in [2.75, 3.05) is 13.1 Å². The monoisotopic (exact) mass is 247 g/mol. The van der Waals surface area contributed by atoms with E-state index in [1.54, 1.807) is 0 Å². The third-order valence-corrected chi connectivity index (χ3v) is 3.84. The summed E-state index contributed by atoms with van der Waals surface area (Å²) in [6.45, 7) is 0.170. The lowest BCUT2D eigenvalue weighted by molar-refractivity contribution is -0.612. The molecule has 0 amide bonds. The minimum absolute atomic E-state index is 0.0636. The third kappa shape index (κ3) is 1.31. The molecule has 1 aliphatic carbocycles. The number of hydrogen-bond acceptors (Lipinski definition) is 5. The number of nitrogens with one attached hydrogen (secondary N) is 1. The zero-order valence-corrected chi connectivity index (χ0v) is 9.01. The third-order valence-electron chi connectivity index (χ3n) is 3.29. The van der Waals surface area contributed by atoms with Crippen molar-refractivity contribution in [3.63, 3.8) is 0 Å². The van der Waals surface area contributed by atoms with E-state index < -0.39 is 26.3 Å². The molecule has 2 rings (SSSR count). The van der Waals surface area contributed by atoms with Crippen LogP contribution in [0.25, 0.3) is 0 Å². The van der Waals surface area contributed by atoms with Gasteiger partial charge in [-0.3, -0.25) is 20.2 Å².